The van der Waals surface area contributed by atoms with E-state index in [-0.39, 0.29) is 6.04 Å². The lowest BCUT2D eigenvalue weighted by molar-refractivity contribution is 0.289. The SMILES string of the molecule is CCCc1ccc(S(=O)(=O)N2CCCC2c2nc(C3CC3)no2)cc1. The zero-order valence-electron chi connectivity index (χ0n) is 14.4. The van der Waals surface area contributed by atoms with Crippen LogP contribution in [0.1, 0.15) is 68.3 Å². The minimum absolute atomic E-state index is 0.334. The molecule has 1 aromatic heterocycles. The van der Waals surface area contributed by atoms with Gasteiger partial charge in [0.15, 0.2) is 5.82 Å². The van der Waals surface area contributed by atoms with Crippen LogP contribution in [0.4, 0.5) is 0 Å². The molecule has 0 spiro atoms. The molecule has 1 aromatic carbocycles. The molecule has 2 fully saturated rings. The van der Waals surface area contributed by atoms with E-state index in [0.29, 0.717) is 23.2 Å². The molecule has 0 radical (unpaired) electrons. The fourth-order valence-corrected chi connectivity index (χ4v) is 5.07. The summed E-state index contributed by atoms with van der Waals surface area (Å²) >= 11 is 0. The Morgan fingerprint density at radius 3 is 2.64 bits per heavy atom. The Kier molecular flexibility index (Phi) is 4.37. The van der Waals surface area contributed by atoms with Gasteiger partial charge in [0.2, 0.25) is 15.9 Å². The van der Waals surface area contributed by atoms with Gasteiger partial charge in [-0.05, 0) is 49.8 Å². The predicted octanol–water partition coefficient (Wildman–Crippen LogP) is 3.43. The summed E-state index contributed by atoms with van der Waals surface area (Å²) in [5.74, 6) is 1.56. The van der Waals surface area contributed by atoms with Crippen LogP contribution >= 0.6 is 0 Å². The summed E-state index contributed by atoms with van der Waals surface area (Å²) < 4.78 is 33.1. The average molecular weight is 361 g/mol. The maximum absolute atomic E-state index is 13.1. The van der Waals surface area contributed by atoms with Gasteiger partial charge >= 0.3 is 0 Å². The van der Waals surface area contributed by atoms with Crippen molar-refractivity contribution in [3.05, 3.63) is 41.5 Å². The van der Waals surface area contributed by atoms with Gasteiger partial charge in [-0.3, -0.25) is 0 Å². The Bertz CT molecular complexity index is 841. The molecule has 2 aromatic rings. The van der Waals surface area contributed by atoms with E-state index in [1.807, 2.05) is 12.1 Å². The fraction of sp³-hybridized carbons (Fsp3) is 0.556. The quantitative estimate of drug-likeness (QED) is 0.788. The number of hydrogen-bond acceptors (Lipinski definition) is 5. The first-order valence-electron chi connectivity index (χ1n) is 9.04. The summed E-state index contributed by atoms with van der Waals surface area (Å²) in [5.41, 5.74) is 1.16. The lowest BCUT2D eigenvalue weighted by atomic mass is 10.1. The van der Waals surface area contributed by atoms with Crippen LogP contribution in [0.3, 0.4) is 0 Å². The maximum Gasteiger partial charge on any atom is 0.245 e. The van der Waals surface area contributed by atoms with Crippen LogP contribution in [0.2, 0.25) is 0 Å². The van der Waals surface area contributed by atoms with Crippen molar-refractivity contribution >= 4 is 10.0 Å². The van der Waals surface area contributed by atoms with Crippen LogP contribution in [0.5, 0.6) is 0 Å². The molecule has 1 aliphatic heterocycles. The molecule has 134 valence electrons. The Morgan fingerprint density at radius 1 is 1.20 bits per heavy atom. The highest BCUT2D eigenvalue weighted by molar-refractivity contribution is 7.89. The predicted molar refractivity (Wildman–Crippen MR) is 92.6 cm³/mol. The van der Waals surface area contributed by atoms with Gasteiger partial charge in [0.25, 0.3) is 0 Å². The summed E-state index contributed by atoms with van der Waals surface area (Å²) in [6.07, 6.45) is 5.71. The highest BCUT2D eigenvalue weighted by atomic mass is 32.2. The second kappa shape index (κ2) is 6.53. The van der Waals surface area contributed by atoms with Crippen LogP contribution in [0.15, 0.2) is 33.7 Å². The summed E-state index contributed by atoms with van der Waals surface area (Å²) in [5, 5.41) is 4.04. The molecule has 1 saturated carbocycles. The number of rotatable bonds is 6. The molecule has 0 N–H and O–H groups in total. The number of benzene rings is 1. The standard InChI is InChI=1S/C18H23N3O3S/c1-2-4-13-6-10-15(11-7-13)25(22,23)21-12-3-5-16(21)18-19-17(20-24-18)14-8-9-14/h6-7,10-11,14,16H,2-5,8-9,12H2,1H3. The number of hydrogen-bond donors (Lipinski definition) is 0. The third kappa shape index (κ3) is 3.22. The molecule has 1 aliphatic carbocycles. The molecule has 1 unspecified atom stereocenters. The first-order chi connectivity index (χ1) is 12.1. The Balaban J connectivity index is 1.59. The van der Waals surface area contributed by atoms with E-state index in [0.717, 1.165) is 49.9 Å². The molecular formula is C18H23N3O3S. The first-order valence-corrected chi connectivity index (χ1v) is 10.5. The first kappa shape index (κ1) is 16.7. The molecule has 0 amide bonds. The second-order valence-corrected chi connectivity index (χ2v) is 8.82. The third-order valence-corrected chi connectivity index (χ3v) is 6.88. The van der Waals surface area contributed by atoms with Gasteiger partial charge < -0.3 is 4.52 Å². The summed E-state index contributed by atoms with van der Waals surface area (Å²) in [4.78, 5) is 4.80. The number of aryl methyl sites for hydroxylation is 1. The largest absolute Gasteiger partial charge is 0.338 e. The molecule has 7 heteroatoms. The van der Waals surface area contributed by atoms with E-state index in [9.17, 15) is 8.42 Å². The molecule has 1 saturated heterocycles. The van der Waals surface area contributed by atoms with Gasteiger partial charge in [0.05, 0.1) is 4.90 Å². The molecule has 6 nitrogen and oxygen atoms in total. The van der Waals surface area contributed by atoms with Gasteiger partial charge in [-0.25, -0.2) is 8.42 Å². The Labute approximate surface area is 148 Å². The zero-order chi connectivity index (χ0) is 17.4. The van der Waals surface area contributed by atoms with E-state index in [4.69, 9.17) is 4.52 Å². The fourth-order valence-electron chi connectivity index (χ4n) is 3.42. The van der Waals surface area contributed by atoms with E-state index < -0.39 is 10.0 Å². The van der Waals surface area contributed by atoms with Crippen LogP contribution < -0.4 is 0 Å². The van der Waals surface area contributed by atoms with Gasteiger partial charge in [0.1, 0.15) is 6.04 Å². The van der Waals surface area contributed by atoms with Gasteiger partial charge in [0, 0.05) is 12.5 Å². The molecule has 2 heterocycles. The van der Waals surface area contributed by atoms with Crippen molar-refractivity contribution < 1.29 is 12.9 Å². The van der Waals surface area contributed by atoms with Crippen molar-refractivity contribution in [2.45, 2.75) is 62.3 Å². The molecular weight excluding hydrogens is 338 g/mol. The minimum atomic E-state index is -3.56. The van der Waals surface area contributed by atoms with Crippen molar-refractivity contribution in [1.82, 2.24) is 14.4 Å². The molecule has 0 bridgehead atoms. The van der Waals surface area contributed by atoms with Crippen molar-refractivity contribution in [3.8, 4) is 0 Å². The highest BCUT2D eigenvalue weighted by Gasteiger charge is 2.40. The smallest absolute Gasteiger partial charge is 0.245 e. The lowest BCUT2D eigenvalue weighted by Crippen LogP contribution is -2.30. The molecule has 2 aliphatic rings. The Hall–Kier alpha value is -1.73. The van der Waals surface area contributed by atoms with Crippen LogP contribution in [0.25, 0.3) is 0 Å². The number of nitrogens with zero attached hydrogens (tertiary/aromatic N) is 3. The van der Waals surface area contributed by atoms with E-state index in [1.54, 1.807) is 12.1 Å². The van der Waals surface area contributed by atoms with Gasteiger partial charge in [-0.15, -0.1) is 0 Å². The van der Waals surface area contributed by atoms with E-state index in [1.165, 1.54) is 4.31 Å². The molecule has 4 rings (SSSR count). The van der Waals surface area contributed by atoms with Crippen molar-refractivity contribution in [2.75, 3.05) is 6.54 Å². The third-order valence-electron chi connectivity index (χ3n) is 4.96. The summed E-state index contributed by atoms with van der Waals surface area (Å²) in [6, 6.07) is 6.87. The number of sulfonamides is 1. The summed E-state index contributed by atoms with van der Waals surface area (Å²) in [6.45, 7) is 2.60. The minimum Gasteiger partial charge on any atom is -0.338 e. The van der Waals surface area contributed by atoms with E-state index >= 15 is 0 Å². The van der Waals surface area contributed by atoms with E-state index in [2.05, 4.69) is 17.1 Å². The maximum atomic E-state index is 13.1. The van der Waals surface area contributed by atoms with Crippen LogP contribution in [-0.4, -0.2) is 29.4 Å². The van der Waals surface area contributed by atoms with Crippen LogP contribution in [-0.2, 0) is 16.4 Å². The monoisotopic (exact) mass is 361 g/mol. The lowest BCUT2D eigenvalue weighted by Gasteiger charge is -2.21. The topological polar surface area (TPSA) is 76.3 Å². The molecule has 1 atom stereocenters. The van der Waals surface area contributed by atoms with Gasteiger partial charge in [-0.2, -0.15) is 9.29 Å². The molecule has 25 heavy (non-hydrogen) atoms. The summed E-state index contributed by atoms with van der Waals surface area (Å²) in [7, 11) is -3.56. The zero-order valence-corrected chi connectivity index (χ0v) is 15.2. The normalized spacial score (nSPS) is 21.7. The van der Waals surface area contributed by atoms with Crippen molar-refractivity contribution in [2.24, 2.45) is 0 Å². The van der Waals surface area contributed by atoms with Crippen LogP contribution in [0, 0.1) is 0 Å². The average Bonchev–Trinajstić information content (AvgIpc) is 3.13. The van der Waals surface area contributed by atoms with Gasteiger partial charge in [-0.1, -0.05) is 30.6 Å². The highest BCUT2D eigenvalue weighted by Crippen LogP contribution is 2.40. The second-order valence-electron chi connectivity index (χ2n) is 6.93. The Morgan fingerprint density at radius 2 is 1.96 bits per heavy atom. The van der Waals surface area contributed by atoms with Crippen molar-refractivity contribution in [1.29, 1.82) is 0 Å². The van der Waals surface area contributed by atoms with Crippen molar-refractivity contribution in [3.63, 3.8) is 0 Å². The number of aromatic nitrogens is 2.